The third-order valence-electron chi connectivity index (χ3n) is 5.20. The fraction of sp³-hybridized carbons (Fsp3) is 0.0909. The van der Waals surface area contributed by atoms with Crippen LogP contribution in [0.3, 0.4) is 0 Å². The summed E-state index contributed by atoms with van der Waals surface area (Å²) in [6.07, 6.45) is 1.40. The largest absolute Gasteiger partial charge is 0.424 e. The molecule has 0 aliphatic carbocycles. The summed E-state index contributed by atoms with van der Waals surface area (Å²) < 4.78 is 8.27. The number of aromatic nitrogens is 4. The highest BCUT2D eigenvalue weighted by Gasteiger charge is 2.25. The Bertz CT molecular complexity index is 1510. The molecule has 5 aromatic rings. The van der Waals surface area contributed by atoms with Crippen LogP contribution >= 0.6 is 34.2 Å². The van der Waals surface area contributed by atoms with Crippen LogP contribution in [0.5, 0.6) is 0 Å². The van der Waals surface area contributed by atoms with Crippen LogP contribution in [0.15, 0.2) is 64.1 Å². The Morgan fingerprint density at radius 1 is 1.13 bits per heavy atom. The number of rotatable bonds is 3. The number of fused-ring (bicyclic) bond motifs is 2. The standard InChI is InChI=1S/C22H15ClIN5O2/c1-11(29-21-17(19(24)28-29)20(25)26-10-27-21)18-16(12-5-3-2-4-6-12)14-8-7-13(23)9-15(14)22(30)31-18/h2-11H,1H3,(H2,25,26,27). The number of hydrogen-bond acceptors (Lipinski definition) is 6. The Morgan fingerprint density at radius 3 is 2.68 bits per heavy atom. The second kappa shape index (κ2) is 7.61. The van der Waals surface area contributed by atoms with Crippen LogP contribution in [0.4, 0.5) is 5.82 Å². The Morgan fingerprint density at radius 2 is 1.90 bits per heavy atom. The quantitative estimate of drug-likeness (QED) is 0.320. The van der Waals surface area contributed by atoms with Gasteiger partial charge in [0.2, 0.25) is 0 Å². The van der Waals surface area contributed by atoms with E-state index in [2.05, 4.69) is 37.7 Å². The van der Waals surface area contributed by atoms with Crippen molar-refractivity contribution in [1.82, 2.24) is 19.7 Å². The lowest BCUT2D eigenvalue weighted by Crippen LogP contribution is -2.14. The molecule has 2 aromatic carbocycles. The van der Waals surface area contributed by atoms with Crippen molar-refractivity contribution in [2.45, 2.75) is 13.0 Å². The molecule has 0 fully saturated rings. The predicted octanol–water partition coefficient (Wildman–Crippen LogP) is 5.05. The lowest BCUT2D eigenvalue weighted by molar-refractivity contribution is 0.404. The van der Waals surface area contributed by atoms with Crippen molar-refractivity contribution in [3.63, 3.8) is 0 Å². The van der Waals surface area contributed by atoms with Gasteiger partial charge in [-0.15, -0.1) is 0 Å². The second-order valence-electron chi connectivity index (χ2n) is 7.05. The SMILES string of the molecule is CC(c1oc(=O)c2cc(Cl)ccc2c1-c1ccccc1)n1nc(I)c2c(N)ncnc21. The molecule has 3 aromatic heterocycles. The van der Waals surface area contributed by atoms with Crippen LogP contribution in [-0.2, 0) is 0 Å². The summed E-state index contributed by atoms with van der Waals surface area (Å²) in [6.45, 7) is 1.91. The first-order valence-electron chi connectivity index (χ1n) is 9.41. The van der Waals surface area contributed by atoms with Gasteiger partial charge < -0.3 is 10.2 Å². The van der Waals surface area contributed by atoms with E-state index in [-0.39, 0.29) is 0 Å². The third kappa shape index (κ3) is 3.26. The highest BCUT2D eigenvalue weighted by Crippen LogP contribution is 2.37. The number of hydrogen-bond donors (Lipinski definition) is 1. The van der Waals surface area contributed by atoms with E-state index in [0.29, 0.717) is 36.7 Å². The molecule has 2 N–H and O–H groups in total. The molecule has 0 saturated carbocycles. The average molecular weight is 544 g/mol. The summed E-state index contributed by atoms with van der Waals surface area (Å²) in [5.41, 5.74) is 7.88. The Hall–Kier alpha value is -2.98. The minimum Gasteiger partial charge on any atom is -0.424 e. The van der Waals surface area contributed by atoms with E-state index in [9.17, 15) is 4.79 Å². The van der Waals surface area contributed by atoms with E-state index in [1.807, 2.05) is 43.3 Å². The van der Waals surface area contributed by atoms with Crippen molar-refractivity contribution in [3.8, 4) is 11.1 Å². The molecule has 5 rings (SSSR count). The first kappa shape index (κ1) is 20.0. The van der Waals surface area contributed by atoms with Crippen molar-refractivity contribution >= 4 is 61.8 Å². The van der Waals surface area contributed by atoms with E-state index in [4.69, 9.17) is 21.8 Å². The molecule has 1 atom stereocenters. The Kier molecular flexibility index (Phi) is 4.90. The molecule has 31 heavy (non-hydrogen) atoms. The molecule has 0 spiro atoms. The van der Waals surface area contributed by atoms with Crippen LogP contribution in [0.25, 0.3) is 32.9 Å². The van der Waals surface area contributed by atoms with Gasteiger partial charge in [0.15, 0.2) is 5.65 Å². The van der Waals surface area contributed by atoms with Gasteiger partial charge in [0.1, 0.15) is 27.6 Å². The summed E-state index contributed by atoms with van der Waals surface area (Å²) >= 11 is 8.25. The molecule has 0 amide bonds. The van der Waals surface area contributed by atoms with E-state index < -0.39 is 11.7 Å². The number of nitrogens with two attached hydrogens (primary N) is 1. The minimum absolute atomic E-state index is 0.353. The molecule has 0 aliphatic rings. The smallest absolute Gasteiger partial charge is 0.343 e. The number of benzene rings is 2. The average Bonchev–Trinajstić information content (AvgIpc) is 3.12. The molecule has 0 aliphatic heterocycles. The van der Waals surface area contributed by atoms with Crippen LogP contribution in [-0.4, -0.2) is 19.7 Å². The van der Waals surface area contributed by atoms with Gasteiger partial charge in [-0.25, -0.2) is 19.4 Å². The zero-order valence-corrected chi connectivity index (χ0v) is 19.1. The summed E-state index contributed by atoms with van der Waals surface area (Å²) in [5, 5.41) is 6.95. The Labute approximate surface area is 195 Å². The minimum atomic E-state index is -0.459. The monoisotopic (exact) mass is 543 g/mol. The molecule has 154 valence electrons. The first-order chi connectivity index (χ1) is 15.0. The van der Waals surface area contributed by atoms with Crippen molar-refractivity contribution in [2.75, 3.05) is 5.73 Å². The second-order valence-corrected chi connectivity index (χ2v) is 8.51. The molecule has 1 unspecified atom stereocenters. The van der Waals surface area contributed by atoms with E-state index in [1.54, 1.807) is 16.8 Å². The van der Waals surface area contributed by atoms with Crippen LogP contribution in [0.1, 0.15) is 18.7 Å². The van der Waals surface area contributed by atoms with Crippen LogP contribution in [0, 0.1) is 3.70 Å². The van der Waals surface area contributed by atoms with Crippen molar-refractivity contribution < 1.29 is 4.42 Å². The molecular weight excluding hydrogens is 529 g/mol. The van der Waals surface area contributed by atoms with Gasteiger partial charge in [-0.2, -0.15) is 5.10 Å². The van der Waals surface area contributed by atoms with Gasteiger partial charge in [0.25, 0.3) is 0 Å². The number of anilines is 1. The molecule has 7 nitrogen and oxygen atoms in total. The van der Waals surface area contributed by atoms with Crippen molar-refractivity contribution in [3.05, 3.63) is 79.8 Å². The lowest BCUT2D eigenvalue weighted by Gasteiger charge is -2.18. The van der Waals surface area contributed by atoms with Crippen molar-refractivity contribution in [2.24, 2.45) is 0 Å². The summed E-state index contributed by atoms with van der Waals surface area (Å²) in [7, 11) is 0. The van der Waals surface area contributed by atoms with E-state index in [1.165, 1.54) is 6.33 Å². The lowest BCUT2D eigenvalue weighted by atomic mass is 9.96. The van der Waals surface area contributed by atoms with E-state index in [0.717, 1.165) is 16.5 Å². The Balaban J connectivity index is 1.84. The number of nitrogen functional groups attached to an aromatic ring is 1. The normalized spacial score (nSPS) is 12.5. The first-order valence-corrected chi connectivity index (χ1v) is 10.9. The van der Waals surface area contributed by atoms with E-state index >= 15 is 0 Å². The number of nitrogens with zero attached hydrogens (tertiary/aromatic N) is 4. The van der Waals surface area contributed by atoms with Crippen LogP contribution < -0.4 is 11.4 Å². The summed E-state index contributed by atoms with van der Waals surface area (Å²) in [4.78, 5) is 21.3. The maximum atomic E-state index is 12.9. The zero-order chi connectivity index (χ0) is 21.7. The van der Waals surface area contributed by atoms with Crippen molar-refractivity contribution in [1.29, 1.82) is 0 Å². The van der Waals surface area contributed by atoms with Gasteiger partial charge >= 0.3 is 5.63 Å². The fourth-order valence-electron chi connectivity index (χ4n) is 3.77. The highest BCUT2D eigenvalue weighted by molar-refractivity contribution is 14.1. The van der Waals surface area contributed by atoms with Gasteiger partial charge in [0.05, 0.1) is 10.8 Å². The van der Waals surface area contributed by atoms with Gasteiger partial charge in [-0.3, -0.25) is 0 Å². The molecule has 3 heterocycles. The molecule has 0 radical (unpaired) electrons. The van der Waals surface area contributed by atoms with Gasteiger partial charge in [-0.05, 0) is 47.2 Å². The molecule has 0 bridgehead atoms. The fourth-order valence-corrected chi connectivity index (χ4v) is 4.69. The van der Waals surface area contributed by atoms with Gasteiger partial charge in [-0.1, -0.05) is 48.0 Å². The molecule has 9 heteroatoms. The maximum Gasteiger partial charge on any atom is 0.343 e. The third-order valence-corrected chi connectivity index (χ3v) is 6.19. The van der Waals surface area contributed by atoms with Gasteiger partial charge in [0, 0.05) is 16.0 Å². The molecule has 0 saturated heterocycles. The predicted molar refractivity (Wildman–Crippen MR) is 129 cm³/mol. The van der Waals surface area contributed by atoms with Crippen LogP contribution in [0.2, 0.25) is 5.02 Å². The summed E-state index contributed by atoms with van der Waals surface area (Å²) in [5.74, 6) is 0.828. The number of halogens is 2. The molecular formula is C22H15ClIN5O2. The highest BCUT2D eigenvalue weighted by atomic mass is 127. The maximum absolute atomic E-state index is 12.9. The zero-order valence-electron chi connectivity index (χ0n) is 16.2. The summed E-state index contributed by atoms with van der Waals surface area (Å²) in [6, 6.07) is 14.6. The topological polar surface area (TPSA) is 99.8 Å².